The van der Waals surface area contributed by atoms with Crippen LogP contribution < -0.4 is 0 Å². The molecule has 0 N–H and O–H groups in total. The summed E-state index contributed by atoms with van der Waals surface area (Å²) in [6, 6.07) is 0. The van der Waals surface area contributed by atoms with E-state index in [1.54, 1.807) is 0 Å². The molecule has 1 spiro atoms. The highest BCUT2D eigenvalue weighted by molar-refractivity contribution is 7.87. The molecule has 2 amide bonds. The second-order valence-electron chi connectivity index (χ2n) is 8.12. The van der Waals surface area contributed by atoms with E-state index in [1.165, 1.54) is 38.5 Å². The monoisotopic (exact) mass is 352 g/mol. The van der Waals surface area contributed by atoms with Crippen LogP contribution in [0.25, 0.3) is 0 Å². The van der Waals surface area contributed by atoms with Crippen LogP contribution in [-0.2, 0) is 20.4 Å². The summed E-state index contributed by atoms with van der Waals surface area (Å²) in [5.74, 6) is 1.69. The number of carbonyl (C=O) groups is 2. The summed E-state index contributed by atoms with van der Waals surface area (Å²) in [6.45, 7) is 2.10. The van der Waals surface area contributed by atoms with Gasteiger partial charge in [-0.3, -0.25) is 13.8 Å². The van der Waals surface area contributed by atoms with Crippen molar-refractivity contribution in [3.63, 3.8) is 0 Å². The molecule has 4 fully saturated rings. The van der Waals surface area contributed by atoms with Crippen LogP contribution in [0.4, 0.5) is 0 Å². The van der Waals surface area contributed by atoms with Gasteiger partial charge >= 0.3 is 0 Å². The number of nitrogens with zero attached hydrogens (tertiary/aromatic N) is 2. The van der Waals surface area contributed by atoms with Gasteiger partial charge in [0.1, 0.15) is 10.6 Å². The standard InChI is InChI=1S/C18H28N2O3S/c21-16(11-14-3-1-2-4-14)19-9-7-18(8-10-19)20(12-15-5-6-15)17(22)13-24(18)23/h14-15H,1-13H2. The van der Waals surface area contributed by atoms with Gasteiger partial charge in [0.05, 0.1) is 10.8 Å². The van der Waals surface area contributed by atoms with Crippen molar-refractivity contribution in [3.8, 4) is 0 Å². The zero-order chi connectivity index (χ0) is 16.7. The number of rotatable bonds is 4. The Morgan fingerprint density at radius 3 is 2.38 bits per heavy atom. The highest BCUT2D eigenvalue weighted by Crippen LogP contribution is 2.41. The first-order valence-corrected chi connectivity index (χ1v) is 10.9. The molecule has 0 aromatic rings. The molecule has 0 aromatic heterocycles. The lowest BCUT2D eigenvalue weighted by molar-refractivity contribution is -0.136. The maximum atomic E-state index is 12.7. The molecule has 0 bridgehead atoms. The Hall–Kier alpha value is -0.910. The molecule has 2 saturated heterocycles. The van der Waals surface area contributed by atoms with Crippen LogP contribution in [0.3, 0.4) is 0 Å². The van der Waals surface area contributed by atoms with Gasteiger partial charge in [0.2, 0.25) is 11.8 Å². The van der Waals surface area contributed by atoms with Gasteiger partial charge in [0.15, 0.2) is 0 Å². The van der Waals surface area contributed by atoms with Crippen LogP contribution in [0.5, 0.6) is 0 Å². The second-order valence-corrected chi connectivity index (χ2v) is 9.86. The number of hydrogen-bond acceptors (Lipinski definition) is 3. The molecule has 0 aromatic carbocycles. The van der Waals surface area contributed by atoms with Gasteiger partial charge in [-0.15, -0.1) is 0 Å². The van der Waals surface area contributed by atoms with E-state index in [2.05, 4.69) is 0 Å². The molecule has 2 heterocycles. The average Bonchev–Trinajstić information content (AvgIpc) is 3.21. The Morgan fingerprint density at radius 2 is 1.75 bits per heavy atom. The maximum Gasteiger partial charge on any atom is 0.236 e. The molecule has 2 aliphatic carbocycles. The summed E-state index contributed by atoms with van der Waals surface area (Å²) in [7, 11) is -1.11. The number of likely N-dealkylation sites (tertiary alicyclic amines) is 1. The summed E-state index contributed by atoms with van der Waals surface area (Å²) >= 11 is 0. The SMILES string of the molecule is O=C(CC1CCCC1)N1CCC2(CC1)N(CC1CC1)C(=O)CS2=O. The molecule has 1 atom stereocenters. The van der Waals surface area contributed by atoms with Crippen molar-refractivity contribution in [1.82, 2.24) is 9.80 Å². The van der Waals surface area contributed by atoms with Crippen molar-refractivity contribution in [2.75, 3.05) is 25.4 Å². The second kappa shape index (κ2) is 6.43. The third-order valence-corrected chi connectivity index (χ3v) is 8.43. The number of hydrogen-bond donors (Lipinski definition) is 0. The maximum absolute atomic E-state index is 12.7. The average molecular weight is 353 g/mol. The van der Waals surface area contributed by atoms with Crippen LogP contribution in [0.15, 0.2) is 0 Å². The van der Waals surface area contributed by atoms with Gasteiger partial charge in [-0.1, -0.05) is 12.8 Å². The van der Waals surface area contributed by atoms with E-state index in [0.29, 0.717) is 44.2 Å². The molecular formula is C18H28N2O3S. The Morgan fingerprint density at radius 1 is 1.08 bits per heavy atom. The summed E-state index contributed by atoms with van der Waals surface area (Å²) < 4.78 is 12.7. The predicted molar refractivity (Wildman–Crippen MR) is 92.6 cm³/mol. The van der Waals surface area contributed by atoms with Crippen molar-refractivity contribution in [3.05, 3.63) is 0 Å². The molecule has 6 heteroatoms. The van der Waals surface area contributed by atoms with Crippen LogP contribution in [0.2, 0.25) is 0 Å². The zero-order valence-corrected chi connectivity index (χ0v) is 15.2. The Kier molecular flexibility index (Phi) is 4.43. The third kappa shape index (κ3) is 3.02. The largest absolute Gasteiger partial charge is 0.342 e. The van der Waals surface area contributed by atoms with E-state index < -0.39 is 15.7 Å². The summed E-state index contributed by atoms with van der Waals surface area (Å²) in [5.41, 5.74) is 0. The molecular weight excluding hydrogens is 324 g/mol. The van der Waals surface area contributed by atoms with Gasteiger partial charge in [0, 0.05) is 38.9 Å². The van der Waals surface area contributed by atoms with E-state index in [9.17, 15) is 13.8 Å². The Balaban J connectivity index is 1.39. The molecule has 1 unspecified atom stereocenters. The fourth-order valence-electron chi connectivity index (χ4n) is 4.70. The molecule has 24 heavy (non-hydrogen) atoms. The lowest BCUT2D eigenvalue weighted by Crippen LogP contribution is -2.56. The van der Waals surface area contributed by atoms with E-state index in [4.69, 9.17) is 0 Å². The van der Waals surface area contributed by atoms with Crippen LogP contribution >= 0.6 is 0 Å². The molecule has 134 valence electrons. The Labute approximate surface area is 146 Å². The number of carbonyl (C=O) groups excluding carboxylic acids is 2. The third-order valence-electron chi connectivity index (χ3n) is 6.44. The van der Waals surface area contributed by atoms with Crippen molar-refractivity contribution < 1.29 is 13.8 Å². The molecule has 4 rings (SSSR count). The topological polar surface area (TPSA) is 57.7 Å². The molecule has 4 aliphatic rings. The quantitative estimate of drug-likeness (QED) is 0.776. The number of amides is 2. The van der Waals surface area contributed by atoms with Gasteiger partial charge in [0.25, 0.3) is 0 Å². The van der Waals surface area contributed by atoms with E-state index >= 15 is 0 Å². The van der Waals surface area contributed by atoms with Crippen LogP contribution in [0.1, 0.15) is 57.8 Å². The van der Waals surface area contributed by atoms with Crippen molar-refractivity contribution in [1.29, 1.82) is 0 Å². The lowest BCUT2D eigenvalue weighted by atomic mass is 9.99. The predicted octanol–water partition coefficient (Wildman–Crippen LogP) is 1.89. The minimum atomic E-state index is -1.11. The van der Waals surface area contributed by atoms with Crippen LogP contribution in [-0.4, -0.2) is 56.1 Å². The first-order valence-electron chi connectivity index (χ1n) is 9.55. The van der Waals surface area contributed by atoms with Gasteiger partial charge in [-0.2, -0.15) is 0 Å². The fourth-order valence-corrected chi connectivity index (χ4v) is 6.40. The van der Waals surface area contributed by atoms with Crippen molar-refractivity contribution >= 4 is 22.6 Å². The smallest absolute Gasteiger partial charge is 0.236 e. The minimum absolute atomic E-state index is 0.0611. The highest BCUT2D eigenvalue weighted by Gasteiger charge is 2.54. The zero-order valence-electron chi connectivity index (χ0n) is 14.4. The summed E-state index contributed by atoms with van der Waals surface area (Å²) in [6.07, 6.45) is 9.35. The molecule has 2 aliphatic heterocycles. The van der Waals surface area contributed by atoms with E-state index in [1.807, 2.05) is 9.80 Å². The normalized spacial score (nSPS) is 30.5. The molecule has 5 nitrogen and oxygen atoms in total. The minimum Gasteiger partial charge on any atom is -0.342 e. The van der Waals surface area contributed by atoms with Gasteiger partial charge in [-0.25, -0.2) is 0 Å². The lowest BCUT2D eigenvalue weighted by Gasteiger charge is -2.43. The first kappa shape index (κ1) is 16.6. The fraction of sp³-hybridized carbons (Fsp3) is 0.889. The van der Waals surface area contributed by atoms with Crippen LogP contribution in [0, 0.1) is 11.8 Å². The van der Waals surface area contributed by atoms with E-state index in [0.717, 1.165) is 6.54 Å². The van der Waals surface area contributed by atoms with Crippen molar-refractivity contribution in [2.24, 2.45) is 11.8 Å². The summed E-state index contributed by atoms with van der Waals surface area (Å²) in [5, 5.41) is 0. The van der Waals surface area contributed by atoms with E-state index in [-0.39, 0.29) is 17.6 Å². The highest BCUT2D eigenvalue weighted by atomic mass is 32.2. The first-order chi connectivity index (χ1) is 11.6. The Bertz CT molecular complexity index is 546. The molecule has 0 radical (unpaired) electrons. The molecule has 2 saturated carbocycles. The number of piperidine rings is 1. The van der Waals surface area contributed by atoms with Crippen molar-refractivity contribution in [2.45, 2.75) is 62.7 Å². The summed E-state index contributed by atoms with van der Waals surface area (Å²) in [4.78, 5) is 28.3. The van der Waals surface area contributed by atoms with Gasteiger partial charge < -0.3 is 9.80 Å². The van der Waals surface area contributed by atoms with Gasteiger partial charge in [-0.05, 0) is 37.5 Å².